The lowest BCUT2D eigenvalue weighted by Crippen LogP contribution is -2.49. The number of hydrogen-bond acceptors (Lipinski definition) is 3. The molecule has 3 rings (SSSR count). The van der Waals surface area contributed by atoms with Gasteiger partial charge in [-0.25, -0.2) is 4.31 Å². The topological polar surface area (TPSA) is 32.3 Å². The first-order valence-corrected chi connectivity index (χ1v) is 13.0. The van der Waals surface area contributed by atoms with Crippen molar-refractivity contribution < 1.29 is 4.79 Å². The van der Waals surface area contributed by atoms with Crippen LogP contribution >= 0.6 is 11.9 Å². The fraction of sp³-hybridized carbons (Fsp3) is 0.519. The van der Waals surface area contributed by atoms with E-state index in [1.54, 1.807) is 0 Å². The summed E-state index contributed by atoms with van der Waals surface area (Å²) >= 11 is 1.82. The third kappa shape index (κ3) is 8.34. The smallest absolute Gasteiger partial charge is 0.238 e. The highest BCUT2D eigenvalue weighted by molar-refractivity contribution is 7.97. The van der Waals surface area contributed by atoms with Crippen LogP contribution in [0.25, 0.3) is 0 Å². The van der Waals surface area contributed by atoms with Crippen LogP contribution in [-0.2, 0) is 17.6 Å². The molecule has 1 heterocycles. The Labute approximate surface area is 193 Å². The molecule has 1 saturated heterocycles. The van der Waals surface area contributed by atoms with Gasteiger partial charge in [-0.15, -0.1) is 0 Å². The Morgan fingerprint density at radius 3 is 2.10 bits per heavy atom. The maximum atomic E-state index is 13.2. The lowest BCUT2D eigenvalue weighted by molar-refractivity contribution is -0.126. The Hall–Kier alpha value is -1.78. The molecule has 31 heavy (non-hydrogen) atoms. The van der Waals surface area contributed by atoms with Gasteiger partial charge in [0, 0.05) is 18.3 Å². The molecular weight excluding hydrogens is 400 g/mol. The first-order chi connectivity index (χ1) is 15.3. The summed E-state index contributed by atoms with van der Waals surface area (Å²) in [6.07, 6.45) is 9.81. The van der Waals surface area contributed by atoms with E-state index in [4.69, 9.17) is 0 Å². The molecule has 0 spiro atoms. The van der Waals surface area contributed by atoms with Crippen LogP contribution in [0.1, 0.15) is 63.0 Å². The van der Waals surface area contributed by atoms with Crippen molar-refractivity contribution >= 4 is 17.9 Å². The molecule has 2 aromatic carbocycles. The van der Waals surface area contributed by atoms with E-state index in [-0.39, 0.29) is 18.0 Å². The highest BCUT2D eigenvalue weighted by Gasteiger charge is 2.29. The molecule has 2 aromatic rings. The Morgan fingerprint density at radius 2 is 1.55 bits per heavy atom. The number of carbonyl (C=O) groups is 1. The van der Waals surface area contributed by atoms with Crippen LogP contribution < -0.4 is 5.32 Å². The second-order valence-electron chi connectivity index (χ2n) is 8.53. The van der Waals surface area contributed by atoms with Gasteiger partial charge in [0.15, 0.2) is 0 Å². The van der Waals surface area contributed by atoms with Crippen molar-refractivity contribution in [2.24, 2.45) is 0 Å². The van der Waals surface area contributed by atoms with Gasteiger partial charge in [-0.2, -0.15) is 0 Å². The van der Waals surface area contributed by atoms with E-state index in [2.05, 4.69) is 77.2 Å². The van der Waals surface area contributed by atoms with Gasteiger partial charge in [0.25, 0.3) is 0 Å². The normalized spacial score (nSPS) is 17.0. The van der Waals surface area contributed by atoms with E-state index >= 15 is 0 Å². The molecule has 1 atom stereocenters. The van der Waals surface area contributed by atoms with E-state index in [9.17, 15) is 4.79 Å². The summed E-state index contributed by atoms with van der Waals surface area (Å²) in [6, 6.07) is 21.7. The van der Waals surface area contributed by atoms with Gasteiger partial charge in [0.2, 0.25) is 5.91 Å². The number of hydrogen-bond donors (Lipinski definition) is 1. The van der Waals surface area contributed by atoms with Gasteiger partial charge < -0.3 is 5.32 Å². The van der Waals surface area contributed by atoms with Crippen molar-refractivity contribution in [1.82, 2.24) is 9.62 Å². The number of nitrogens with zero attached hydrogens (tertiary/aromatic N) is 1. The number of amides is 1. The number of carbonyl (C=O) groups excluding carboxylic acids is 1. The first kappa shape index (κ1) is 23.9. The van der Waals surface area contributed by atoms with Crippen LogP contribution in [0.3, 0.4) is 0 Å². The monoisotopic (exact) mass is 438 g/mol. The molecular formula is C27H38N2OS. The standard InChI is InChI=1S/C27H38N2OS/c1-2-31-29-22-10-9-21-26(29)27(30)28-25(19-11-17-23-13-5-3-6-14-23)20-12-18-24-15-7-4-8-16-24/h3-8,13-16,25-26H,2,9-12,17-22H2,1H3,(H,28,30)/t26-/m0/s1. The van der Waals surface area contributed by atoms with E-state index < -0.39 is 0 Å². The van der Waals surface area contributed by atoms with E-state index in [0.717, 1.165) is 63.7 Å². The summed E-state index contributed by atoms with van der Waals surface area (Å²) < 4.78 is 2.32. The van der Waals surface area contributed by atoms with E-state index in [0.29, 0.717) is 0 Å². The first-order valence-electron chi connectivity index (χ1n) is 12.0. The molecule has 0 radical (unpaired) electrons. The molecule has 0 bridgehead atoms. The Morgan fingerprint density at radius 1 is 0.968 bits per heavy atom. The van der Waals surface area contributed by atoms with E-state index in [1.807, 2.05) is 11.9 Å². The zero-order chi connectivity index (χ0) is 21.7. The third-order valence-electron chi connectivity index (χ3n) is 6.12. The minimum atomic E-state index is 0.0319. The van der Waals surface area contributed by atoms with Crippen LogP contribution in [-0.4, -0.2) is 34.6 Å². The van der Waals surface area contributed by atoms with Gasteiger partial charge in [0.05, 0.1) is 6.04 Å². The number of piperidine rings is 1. The van der Waals surface area contributed by atoms with Crippen LogP contribution in [0.4, 0.5) is 0 Å². The fourth-order valence-electron chi connectivity index (χ4n) is 4.47. The van der Waals surface area contributed by atoms with Gasteiger partial charge >= 0.3 is 0 Å². The quantitative estimate of drug-likeness (QED) is 0.410. The van der Waals surface area contributed by atoms with Crippen LogP contribution in [0.5, 0.6) is 0 Å². The summed E-state index contributed by atoms with van der Waals surface area (Å²) in [5.41, 5.74) is 2.77. The zero-order valence-corrected chi connectivity index (χ0v) is 19.8. The van der Waals surface area contributed by atoms with Crippen LogP contribution in [0, 0.1) is 0 Å². The highest BCUT2D eigenvalue weighted by Crippen LogP contribution is 2.25. The maximum absolute atomic E-state index is 13.2. The zero-order valence-electron chi connectivity index (χ0n) is 19.0. The summed E-state index contributed by atoms with van der Waals surface area (Å²) in [5, 5.41) is 3.45. The molecule has 1 aliphatic heterocycles. The second-order valence-corrected chi connectivity index (χ2v) is 9.84. The van der Waals surface area contributed by atoms with Gasteiger partial charge in [0.1, 0.15) is 0 Å². The van der Waals surface area contributed by atoms with Gasteiger partial charge in [-0.05, 0) is 62.5 Å². The van der Waals surface area contributed by atoms with E-state index in [1.165, 1.54) is 17.5 Å². The third-order valence-corrected chi connectivity index (χ3v) is 7.15. The summed E-state index contributed by atoms with van der Waals surface area (Å²) in [6.45, 7) is 3.20. The average Bonchev–Trinajstić information content (AvgIpc) is 2.81. The van der Waals surface area contributed by atoms with Crippen molar-refractivity contribution in [3.8, 4) is 0 Å². The predicted octanol–water partition coefficient (Wildman–Crippen LogP) is 6.04. The minimum Gasteiger partial charge on any atom is -0.352 e. The molecule has 1 amide bonds. The molecule has 1 N–H and O–H groups in total. The van der Waals surface area contributed by atoms with Crippen molar-refractivity contribution in [3.63, 3.8) is 0 Å². The predicted molar refractivity (Wildman–Crippen MR) is 133 cm³/mol. The molecule has 3 nitrogen and oxygen atoms in total. The van der Waals surface area contributed by atoms with Crippen LogP contribution in [0.2, 0.25) is 0 Å². The maximum Gasteiger partial charge on any atom is 0.238 e. The summed E-state index contributed by atoms with van der Waals surface area (Å²) in [4.78, 5) is 13.2. The molecule has 168 valence electrons. The minimum absolute atomic E-state index is 0.0319. The van der Waals surface area contributed by atoms with Crippen molar-refractivity contribution in [2.75, 3.05) is 12.3 Å². The number of aryl methyl sites for hydroxylation is 2. The molecule has 0 unspecified atom stereocenters. The van der Waals surface area contributed by atoms with Crippen molar-refractivity contribution in [1.29, 1.82) is 0 Å². The average molecular weight is 439 g/mol. The Bertz CT molecular complexity index is 705. The number of nitrogens with one attached hydrogen (secondary N) is 1. The Balaban J connectivity index is 1.54. The molecule has 0 aromatic heterocycles. The molecule has 4 heteroatoms. The lowest BCUT2D eigenvalue weighted by Gasteiger charge is -2.34. The lowest BCUT2D eigenvalue weighted by atomic mass is 9.98. The molecule has 1 aliphatic rings. The largest absolute Gasteiger partial charge is 0.352 e. The number of rotatable bonds is 12. The highest BCUT2D eigenvalue weighted by atomic mass is 32.2. The number of benzene rings is 2. The molecule has 1 fully saturated rings. The van der Waals surface area contributed by atoms with Crippen molar-refractivity contribution in [2.45, 2.75) is 76.8 Å². The van der Waals surface area contributed by atoms with Crippen molar-refractivity contribution in [3.05, 3.63) is 71.8 Å². The van der Waals surface area contributed by atoms with Crippen LogP contribution in [0.15, 0.2) is 60.7 Å². The fourth-order valence-corrected chi connectivity index (χ4v) is 5.44. The molecule has 0 saturated carbocycles. The Kier molecular flexibility index (Phi) is 10.5. The summed E-state index contributed by atoms with van der Waals surface area (Å²) in [7, 11) is 0. The second kappa shape index (κ2) is 13.6. The van der Waals surface area contributed by atoms with Gasteiger partial charge in [-0.3, -0.25) is 4.79 Å². The SMILES string of the molecule is CCSN1CCCC[C@H]1C(=O)NC(CCCc1ccccc1)CCCc1ccccc1. The summed E-state index contributed by atoms with van der Waals surface area (Å²) in [5.74, 6) is 1.27. The molecule has 0 aliphatic carbocycles. The van der Waals surface area contributed by atoms with Gasteiger partial charge in [-0.1, -0.05) is 86.0 Å².